The largest absolute Gasteiger partial charge is 0.443 e. The molecule has 0 bridgehead atoms. The molecular formula is C9H11ClN2O. The Morgan fingerprint density at radius 2 is 2.00 bits per heavy atom. The zero-order valence-electron chi connectivity index (χ0n) is 7.84. The van der Waals surface area contributed by atoms with Crippen molar-refractivity contribution in [1.82, 2.24) is 9.97 Å². The molecule has 0 atom stereocenters. The van der Waals surface area contributed by atoms with Gasteiger partial charge in [-0.2, -0.15) is 0 Å². The lowest BCUT2D eigenvalue weighted by Gasteiger charge is -1.86. The van der Waals surface area contributed by atoms with E-state index in [4.69, 9.17) is 16.0 Å². The van der Waals surface area contributed by atoms with Crippen LogP contribution in [0.1, 0.15) is 19.6 Å². The highest BCUT2D eigenvalue weighted by Gasteiger charge is 2.04. The van der Waals surface area contributed by atoms with Gasteiger partial charge in [0.05, 0.1) is 5.39 Å². The number of rotatable bonds is 0. The van der Waals surface area contributed by atoms with E-state index in [0.717, 1.165) is 11.1 Å². The van der Waals surface area contributed by atoms with Crippen LogP contribution in [0.5, 0.6) is 0 Å². The molecule has 0 unspecified atom stereocenters. The molecule has 13 heavy (non-hydrogen) atoms. The molecule has 2 aromatic rings. The number of aromatic nitrogens is 2. The number of furan rings is 1. The quantitative estimate of drug-likeness (QED) is 0.611. The second kappa shape index (κ2) is 4.23. The Bertz CT molecular complexity index is 397. The van der Waals surface area contributed by atoms with Crippen LogP contribution in [-0.4, -0.2) is 9.97 Å². The summed E-state index contributed by atoms with van der Waals surface area (Å²) in [7, 11) is 0. The summed E-state index contributed by atoms with van der Waals surface area (Å²) in [6.45, 7) is 5.85. The van der Waals surface area contributed by atoms with Crippen molar-refractivity contribution in [3.8, 4) is 0 Å². The van der Waals surface area contributed by atoms with Crippen LogP contribution in [-0.2, 0) is 0 Å². The molecule has 2 heterocycles. The molecule has 2 rings (SSSR count). The molecule has 0 aliphatic heterocycles. The molecule has 0 fully saturated rings. The van der Waals surface area contributed by atoms with E-state index in [0.29, 0.717) is 10.9 Å². The van der Waals surface area contributed by atoms with E-state index in [1.807, 2.05) is 26.8 Å². The van der Waals surface area contributed by atoms with Crippen molar-refractivity contribution in [2.24, 2.45) is 0 Å². The van der Waals surface area contributed by atoms with Crippen molar-refractivity contribution in [2.75, 3.05) is 0 Å². The number of hydrogen-bond donors (Lipinski definition) is 0. The van der Waals surface area contributed by atoms with Crippen LogP contribution in [0.3, 0.4) is 0 Å². The molecule has 0 amide bonds. The van der Waals surface area contributed by atoms with Gasteiger partial charge in [-0.05, 0) is 13.0 Å². The average Bonchev–Trinajstić information content (AvgIpc) is 2.51. The minimum Gasteiger partial charge on any atom is -0.443 e. The van der Waals surface area contributed by atoms with E-state index in [2.05, 4.69) is 9.97 Å². The number of nitrogens with zero attached hydrogens (tertiary/aromatic N) is 2. The Kier molecular flexibility index (Phi) is 3.25. The molecule has 0 aromatic carbocycles. The Morgan fingerprint density at radius 1 is 1.31 bits per heavy atom. The number of aryl methyl sites for hydroxylation is 1. The maximum atomic E-state index is 5.76. The first-order valence-corrected chi connectivity index (χ1v) is 4.52. The van der Waals surface area contributed by atoms with Crippen LogP contribution in [0.25, 0.3) is 11.1 Å². The van der Waals surface area contributed by atoms with Crippen molar-refractivity contribution in [2.45, 2.75) is 20.8 Å². The minimum absolute atomic E-state index is 0.437. The Balaban J connectivity index is 0.000000396. The summed E-state index contributed by atoms with van der Waals surface area (Å²) in [5, 5.41) is 1.21. The maximum absolute atomic E-state index is 5.76. The molecule has 2 aromatic heterocycles. The third-order valence-corrected chi connectivity index (χ3v) is 1.71. The minimum atomic E-state index is 0.437. The molecule has 4 heteroatoms. The van der Waals surface area contributed by atoms with Crippen LogP contribution in [0.4, 0.5) is 0 Å². The lowest BCUT2D eigenvalue weighted by atomic mass is 10.4. The summed E-state index contributed by atoms with van der Waals surface area (Å²) in [5.74, 6) is 0.794. The highest BCUT2D eigenvalue weighted by molar-refractivity contribution is 6.33. The van der Waals surface area contributed by atoms with Crippen molar-refractivity contribution in [3.63, 3.8) is 0 Å². The van der Waals surface area contributed by atoms with E-state index < -0.39 is 0 Å². The normalized spacial score (nSPS) is 9.54. The summed E-state index contributed by atoms with van der Waals surface area (Å²) in [6, 6.07) is 1.82. The first kappa shape index (κ1) is 9.99. The van der Waals surface area contributed by atoms with E-state index in [1.165, 1.54) is 6.33 Å². The molecule has 0 spiro atoms. The van der Waals surface area contributed by atoms with Gasteiger partial charge >= 0.3 is 0 Å². The average molecular weight is 199 g/mol. The topological polar surface area (TPSA) is 38.9 Å². The Morgan fingerprint density at radius 3 is 2.62 bits per heavy atom. The Hall–Kier alpha value is -1.09. The summed E-state index contributed by atoms with van der Waals surface area (Å²) >= 11 is 5.76. The van der Waals surface area contributed by atoms with E-state index in [1.54, 1.807) is 0 Å². The molecule has 0 aliphatic rings. The first-order valence-electron chi connectivity index (χ1n) is 4.14. The second-order valence-corrected chi connectivity index (χ2v) is 2.60. The zero-order chi connectivity index (χ0) is 9.84. The van der Waals surface area contributed by atoms with Gasteiger partial charge in [0, 0.05) is 0 Å². The Labute approximate surface area is 81.8 Å². The van der Waals surface area contributed by atoms with Crippen molar-refractivity contribution in [3.05, 3.63) is 23.3 Å². The molecule has 3 nitrogen and oxygen atoms in total. The third kappa shape index (κ3) is 1.98. The number of hydrogen-bond acceptors (Lipinski definition) is 3. The summed E-state index contributed by atoms with van der Waals surface area (Å²) in [5.41, 5.74) is 0.544. The lowest BCUT2D eigenvalue weighted by molar-refractivity contribution is 0.567. The standard InChI is InChI=1S/C7H5ClN2O.C2H6/c1-4-2-5-6(8)9-3-10-7(5)11-4;1-2/h2-3H,1H3;1-2H3. The van der Waals surface area contributed by atoms with Crippen LogP contribution in [0, 0.1) is 6.92 Å². The van der Waals surface area contributed by atoms with Crippen LogP contribution in [0.2, 0.25) is 5.15 Å². The first-order chi connectivity index (χ1) is 6.27. The zero-order valence-corrected chi connectivity index (χ0v) is 8.59. The highest BCUT2D eigenvalue weighted by Crippen LogP contribution is 2.21. The van der Waals surface area contributed by atoms with E-state index in [-0.39, 0.29) is 0 Å². The van der Waals surface area contributed by atoms with Crippen molar-refractivity contribution < 1.29 is 4.42 Å². The molecule has 0 saturated heterocycles. The van der Waals surface area contributed by atoms with Gasteiger partial charge in [0.25, 0.3) is 0 Å². The van der Waals surface area contributed by atoms with E-state index >= 15 is 0 Å². The van der Waals surface area contributed by atoms with Gasteiger partial charge in [-0.15, -0.1) is 0 Å². The van der Waals surface area contributed by atoms with Gasteiger partial charge in [0.2, 0.25) is 5.71 Å². The SMILES string of the molecule is CC.Cc1cc2c(Cl)ncnc2o1. The predicted octanol–water partition coefficient (Wildman–Crippen LogP) is 3.21. The van der Waals surface area contributed by atoms with Gasteiger partial charge in [0.1, 0.15) is 17.2 Å². The summed E-state index contributed by atoms with van der Waals surface area (Å²) in [4.78, 5) is 7.72. The van der Waals surface area contributed by atoms with Gasteiger partial charge in [0.15, 0.2) is 0 Å². The monoisotopic (exact) mass is 198 g/mol. The second-order valence-electron chi connectivity index (χ2n) is 2.24. The fourth-order valence-electron chi connectivity index (χ4n) is 0.947. The molecular weight excluding hydrogens is 188 g/mol. The van der Waals surface area contributed by atoms with Crippen LogP contribution in [0.15, 0.2) is 16.8 Å². The van der Waals surface area contributed by atoms with Crippen molar-refractivity contribution in [1.29, 1.82) is 0 Å². The van der Waals surface area contributed by atoms with E-state index in [9.17, 15) is 0 Å². The fourth-order valence-corrected chi connectivity index (χ4v) is 1.13. The van der Waals surface area contributed by atoms with Gasteiger partial charge in [-0.1, -0.05) is 25.4 Å². The smallest absolute Gasteiger partial charge is 0.230 e. The molecule has 0 saturated carbocycles. The number of halogens is 1. The molecule has 70 valence electrons. The third-order valence-electron chi connectivity index (χ3n) is 1.40. The van der Waals surface area contributed by atoms with Crippen LogP contribution < -0.4 is 0 Å². The molecule has 0 radical (unpaired) electrons. The maximum Gasteiger partial charge on any atom is 0.230 e. The summed E-state index contributed by atoms with van der Waals surface area (Å²) < 4.78 is 5.21. The molecule has 0 N–H and O–H groups in total. The van der Waals surface area contributed by atoms with Gasteiger partial charge in [-0.25, -0.2) is 9.97 Å². The number of fused-ring (bicyclic) bond motifs is 1. The van der Waals surface area contributed by atoms with Gasteiger partial charge in [-0.3, -0.25) is 0 Å². The van der Waals surface area contributed by atoms with Crippen LogP contribution >= 0.6 is 11.6 Å². The molecule has 0 aliphatic carbocycles. The highest BCUT2D eigenvalue weighted by atomic mass is 35.5. The fraction of sp³-hybridized carbons (Fsp3) is 0.333. The van der Waals surface area contributed by atoms with Gasteiger partial charge < -0.3 is 4.42 Å². The summed E-state index contributed by atoms with van der Waals surface area (Å²) in [6.07, 6.45) is 1.38. The van der Waals surface area contributed by atoms with Crippen molar-refractivity contribution >= 4 is 22.7 Å². The predicted molar refractivity (Wildman–Crippen MR) is 52.9 cm³/mol. The lowest BCUT2D eigenvalue weighted by Crippen LogP contribution is -1.77.